The first-order chi connectivity index (χ1) is 16.1. The Bertz CT molecular complexity index is 1210. The quantitative estimate of drug-likeness (QED) is 0.464. The lowest BCUT2D eigenvalue weighted by molar-refractivity contribution is -0.137. The van der Waals surface area contributed by atoms with E-state index in [0.717, 1.165) is 24.5 Å². The van der Waals surface area contributed by atoms with Crippen LogP contribution in [-0.4, -0.2) is 45.0 Å². The van der Waals surface area contributed by atoms with E-state index in [4.69, 9.17) is 16.3 Å². The van der Waals surface area contributed by atoms with E-state index in [0.29, 0.717) is 25.6 Å². The number of alkyl halides is 3. The van der Waals surface area contributed by atoms with Crippen LogP contribution in [0.15, 0.2) is 42.9 Å². The molecule has 3 aromatic rings. The Labute approximate surface area is 195 Å². The number of rotatable bonds is 4. The van der Waals surface area contributed by atoms with Gasteiger partial charge in [-0.15, -0.1) is 0 Å². The minimum atomic E-state index is -4.60. The molecule has 0 saturated carbocycles. The highest BCUT2D eigenvalue weighted by Crippen LogP contribution is 2.34. The zero-order valence-electron chi connectivity index (χ0n) is 17.3. The maximum Gasteiger partial charge on any atom is 0.417 e. The summed E-state index contributed by atoms with van der Waals surface area (Å²) in [6, 6.07) is 4.63. The molecule has 1 saturated heterocycles. The topological polar surface area (TPSA) is 68.2 Å². The van der Waals surface area contributed by atoms with Gasteiger partial charge in [0.15, 0.2) is 11.6 Å². The molecule has 0 N–H and O–H groups in total. The van der Waals surface area contributed by atoms with Gasteiger partial charge in [0.05, 0.1) is 35.6 Å². The number of hydrogen-bond donors (Lipinski definition) is 0. The van der Waals surface area contributed by atoms with E-state index in [-0.39, 0.29) is 34.4 Å². The monoisotopic (exact) mass is 498 g/mol. The molecule has 1 aliphatic rings. The predicted molar refractivity (Wildman–Crippen MR) is 111 cm³/mol. The van der Waals surface area contributed by atoms with Crippen molar-refractivity contribution >= 4 is 17.5 Å². The summed E-state index contributed by atoms with van der Waals surface area (Å²) < 4.78 is 72.0. The van der Waals surface area contributed by atoms with Gasteiger partial charge in [-0.3, -0.25) is 4.79 Å². The smallest absolute Gasteiger partial charge is 0.417 e. The van der Waals surface area contributed by atoms with Crippen LogP contribution >= 0.6 is 11.6 Å². The molecular formula is C22H16ClF5N4O2. The molecule has 0 radical (unpaired) electrons. The summed E-state index contributed by atoms with van der Waals surface area (Å²) in [4.78, 5) is 25.9. The van der Waals surface area contributed by atoms with E-state index in [1.807, 2.05) is 0 Å². The molecule has 2 aromatic heterocycles. The SMILES string of the molecule is O=C(c1cccc(F)c1-c1ncc(F)cn1)N1CCCC(Oc2ncc(C(F)(F)F)cc2Cl)C1. The molecular weight excluding hydrogens is 483 g/mol. The first-order valence-corrected chi connectivity index (χ1v) is 10.5. The molecule has 0 spiro atoms. The number of benzene rings is 1. The minimum Gasteiger partial charge on any atom is -0.471 e. The van der Waals surface area contributed by atoms with Gasteiger partial charge in [-0.1, -0.05) is 17.7 Å². The number of carbonyl (C=O) groups excluding carboxylic acids is 1. The first-order valence-electron chi connectivity index (χ1n) is 10.1. The average molecular weight is 499 g/mol. The fraction of sp³-hybridized carbons (Fsp3) is 0.273. The second kappa shape index (κ2) is 9.49. The molecule has 4 rings (SSSR count). The van der Waals surface area contributed by atoms with Crippen molar-refractivity contribution in [2.45, 2.75) is 25.1 Å². The van der Waals surface area contributed by atoms with Crippen molar-refractivity contribution in [2.75, 3.05) is 13.1 Å². The molecule has 3 heterocycles. The minimum absolute atomic E-state index is 0.0158. The maximum atomic E-state index is 14.6. The largest absolute Gasteiger partial charge is 0.471 e. The van der Waals surface area contributed by atoms with Crippen LogP contribution in [0.4, 0.5) is 22.0 Å². The summed E-state index contributed by atoms with van der Waals surface area (Å²) >= 11 is 5.92. The number of halogens is 6. The molecule has 1 unspecified atom stereocenters. The number of hydrogen-bond acceptors (Lipinski definition) is 5. The number of piperidine rings is 1. The van der Waals surface area contributed by atoms with Gasteiger partial charge in [0.2, 0.25) is 5.88 Å². The third kappa shape index (κ3) is 5.09. The number of aromatic nitrogens is 3. The summed E-state index contributed by atoms with van der Waals surface area (Å²) in [7, 11) is 0. The molecule has 6 nitrogen and oxygen atoms in total. The molecule has 12 heteroatoms. The molecule has 1 atom stereocenters. The molecule has 1 fully saturated rings. The van der Waals surface area contributed by atoms with Gasteiger partial charge < -0.3 is 9.64 Å². The van der Waals surface area contributed by atoms with Crippen molar-refractivity contribution < 1.29 is 31.5 Å². The van der Waals surface area contributed by atoms with E-state index in [1.165, 1.54) is 17.0 Å². The van der Waals surface area contributed by atoms with Crippen molar-refractivity contribution in [3.05, 3.63) is 70.6 Å². The van der Waals surface area contributed by atoms with Crippen LogP contribution in [0.5, 0.6) is 5.88 Å². The summed E-state index contributed by atoms with van der Waals surface area (Å²) in [5.41, 5.74) is -1.19. The van der Waals surface area contributed by atoms with Crippen molar-refractivity contribution in [2.24, 2.45) is 0 Å². The van der Waals surface area contributed by atoms with Gasteiger partial charge in [-0.2, -0.15) is 13.2 Å². The number of carbonyl (C=O) groups is 1. The molecule has 178 valence electrons. The number of ether oxygens (including phenoxy) is 1. The lowest BCUT2D eigenvalue weighted by atomic mass is 10.0. The van der Waals surface area contributed by atoms with E-state index in [9.17, 15) is 26.7 Å². The number of nitrogens with zero attached hydrogens (tertiary/aromatic N) is 4. The second-order valence-electron chi connectivity index (χ2n) is 7.53. The van der Waals surface area contributed by atoms with Gasteiger partial charge in [0.1, 0.15) is 16.9 Å². The Morgan fingerprint density at radius 3 is 2.53 bits per heavy atom. The third-order valence-corrected chi connectivity index (χ3v) is 5.44. The summed E-state index contributed by atoms with van der Waals surface area (Å²) in [6.07, 6.45) is -1.82. The summed E-state index contributed by atoms with van der Waals surface area (Å²) in [5, 5.41) is -0.306. The van der Waals surface area contributed by atoms with Crippen LogP contribution in [0.3, 0.4) is 0 Å². The molecule has 1 aliphatic heterocycles. The Balaban J connectivity index is 1.54. The molecule has 0 aliphatic carbocycles. The van der Waals surface area contributed by atoms with Crippen LogP contribution < -0.4 is 4.74 Å². The number of pyridine rings is 1. The highest BCUT2D eigenvalue weighted by molar-refractivity contribution is 6.31. The molecule has 34 heavy (non-hydrogen) atoms. The van der Waals surface area contributed by atoms with E-state index < -0.39 is 35.4 Å². The fourth-order valence-corrected chi connectivity index (χ4v) is 3.80. The molecule has 1 aromatic carbocycles. The van der Waals surface area contributed by atoms with Crippen LogP contribution in [0, 0.1) is 11.6 Å². The Morgan fingerprint density at radius 2 is 1.85 bits per heavy atom. The van der Waals surface area contributed by atoms with Crippen molar-refractivity contribution in [1.82, 2.24) is 19.9 Å². The number of likely N-dealkylation sites (tertiary alicyclic amines) is 1. The van der Waals surface area contributed by atoms with Gasteiger partial charge in [-0.05, 0) is 31.0 Å². The maximum absolute atomic E-state index is 14.6. The van der Waals surface area contributed by atoms with Gasteiger partial charge in [0.25, 0.3) is 5.91 Å². The first kappa shape index (κ1) is 23.8. The van der Waals surface area contributed by atoms with E-state index in [2.05, 4.69) is 15.0 Å². The van der Waals surface area contributed by atoms with E-state index >= 15 is 0 Å². The van der Waals surface area contributed by atoms with Gasteiger partial charge in [0, 0.05) is 12.7 Å². The standard InChI is InChI=1S/C22H16ClF5N4O2/c23-16-7-12(22(26,27)28)8-31-20(16)34-14-3-2-6-32(11-14)21(33)15-4-1-5-17(25)18(15)19-29-9-13(24)10-30-19/h1,4-5,7-10,14H,2-3,6,11H2. The Morgan fingerprint density at radius 1 is 1.12 bits per heavy atom. The van der Waals surface area contributed by atoms with Crippen molar-refractivity contribution in [3.63, 3.8) is 0 Å². The van der Waals surface area contributed by atoms with Crippen molar-refractivity contribution in [1.29, 1.82) is 0 Å². The third-order valence-electron chi connectivity index (χ3n) is 5.17. The number of amides is 1. The molecule has 1 amide bonds. The van der Waals surface area contributed by atoms with Crippen LogP contribution in [0.2, 0.25) is 5.02 Å². The normalized spacial score (nSPS) is 16.4. The van der Waals surface area contributed by atoms with Crippen LogP contribution in [0.1, 0.15) is 28.8 Å². The highest BCUT2D eigenvalue weighted by Gasteiger charge is 2.33. The lowest BCUT2D eigenvalue weighted by Crippen LogP contribution is -2.44. The molecule has 0 bridgehead atoms. The zero-order valence-corrected chi connectivity index (χ0v) is 18.1. The fourth-order valence-electron chi connectivity index (χ4n) is 3.59. The van der Waals surface area contributed by atoms with Gasteiger partial charge >= 0.3 is 6.18 Å². The zero-order chi connectivity index (χ0) is 24.5. The van der Waals surface area contributed by atoms with Crippen molar-refractivity contribution in [3.8, 4) is 17.3 Å². The van der Waals surface area contributed by atoms with E-state index in [1.54, 1.807) is 0 Å². The Hall–Kier alpha value is -3.34. The summed E-state index contributed by atoms with van der Waals surface area (Å²) in [5.74, 6) is -2.31. The lowest BCUT2D eigenvalue weighted by Gasteiger charge is -2.33. The predicted octanol–water partition coefficient (Wildman–Crippen LogP) is 5.17. The van der Waals surface area contributed by atoms with Gasteiger partial charge in [-0.25, -0.2) is 23.7 Å². The Kier molecular flexibility index (Phi) is 6.65. The average Bonchev–Trinajstić information content (AvgIpc) is 2.80. The summed E-state index contributed by atoms with van der Waals surface area (Å²) in [6.45, 7) is 0.408. The van der Waals surface area contributed by atoms with Crippen LogP contribution in [-0.2, 0) is 6.18 Å². The highest BCUT2D eigenvalue weighted by atomic mass is 35.5. The van der Waals surface area contributed by atoms with Crippen LogP contribution in [0.25, 0.3) is 11.4 Å². The second-order valence-corrected chi connectivity index (χ2v) is 7.94.